The van der Waals surface area contributed by atoms with Crippen molar-refractivity contribution in [2.45, 2.75) is 25.1 Å². The summed E-state index contributed by atoms with van der Waals surface area (Å²) in [7, 11) is 0. The van der Waals surface area contributed by atoms with E-state index in [0.29, 0.717) is 10.0 Å². The van der Waals surface area contributed by atoms with Crippen molar-refractivity contribution in [2.24, 2.45) is 0 Å². The van der Waals surface area contributed by atoms with Crippen LogP contribution in [0.2, 0.25) is 10.0 Å². The fraction of sp³-hybridized carbons (Fsp3) is 0.400. The lowest BCUT2D eigenvalue weighted by molar-refractivity contribution is 0.770. The summed E-state index contributed by atoms with van der Waals surface area (Å²) in [6.45, 7) is 2.09. The van der Waals surface area contributed by atoms with Gasteiger partial charge in [-0.05, 0) is 18.1 Å². The zero-order valence-electron chi connectivity index (χ0n) is 7.36. The number of hydrogen-bond acceptors (Lipinski definition) is 0. The molecule has 0 saturated carbocycles. The van der Waals surface area contributed by atoms with Gasteiger partial charge < -0.3 is 0 Å². The molecule has 0 bridgehead atoms. The smallest absolute Gasteiger partial charge is 0.0639 e. The molecule has 1 rings (SSSR count). The molecular formula is C10H11Cl3. The first-order chi connectivity index (χ1) is 6.16. The first-order valence-electron chi connectivity index (χ1n) is 4.24. The van der Waals surface area contributed by atoms with Crippen LogP contribution in [0.1, 0.15) is 30.7 Å². The van der Waals surface area contributed by atoms with Gasteiger partial charge in [0.25, 0.3) is 0 Å². The third-order valence-corrected chi connectivity index (χ3v) is 3.15. The maximum Gasteiger partial charge on any atom is 0.0639 e. The zero-order chi connectivity index (χ0) is 9.84. The van der Waals surface area contributed by atoms with Crippen LogP contribution in [0.25, 0.3) is 0 Å². The van der Waals surface area contributed by atoms with Crippen LogP contribution in [0.15, 0.2) is 18.2 Å². The third-order valence-electron chi connectivity index (χ3n) is 1.86. The Labute approximate surface area is 93.8 Å². The van der Waals surface area contributed by atoms with Crippen molar-refractivity contribution in [1.82, 2.24) is 0 Å². The highest BCUT2D eigenvalue weighted by atomic mass is 35.5. The Kier molecular flexibility index (Phi) is 4.37. The summed E-state index contributed by atoms with van der Waals surface area (Å²) in [5.41, 5.74) is 0.928. The third kappa shape index (κ3) is 2.77. The molecule has 0 spiro atoms. The second kappa shape index (κ2) is 5.09. The average Bonchev–Trinajstić information content (AvgIpc) is 2.10. The van der Waals surface area contributed by atoms with Gasteiger partial charge in [-0.15, -0.1) is 11.6 Å². The van der Waals surface area contributed by atoms with E-state index >= 15 is 0 Å². The summed E-state index contributed by atoms with van der Waals surface area (Å²) in [6, 6.07) is 5.55. The molecule has 0 aliphatic rings. The second-order valence-electron chi connectivity index (χ2n) is 2.90. The predicted octanol–water partition coefficient (Wildman–Crippen LogP) is 5.07. The molecule has 1 unspecified atom stereocenters. The fourth-order valence-electron chi connectivity index (χ4n) is 1.17. The zero-order valence-corrected chi connectivity index (χ0v) is 9.63. The molecule has 72 valence electrons. The van der Waals surface area contributed by atoms with E-state index in [4.69, 9.17) is 34.8 Å². The van der Waals surface area contributed by atoms with Crippen LogP contribution in [0.4, 0.5) is 0 Å². The lowest BCUT2D eigenvalue weighted by Gasteiger charge is -2.10. The van der Waals surface area contributed by atoms with Crippen LogP contribution in [0, 0.1) is 0 Å². The van der Waals surface area contributed by atoms with E-state index in [-0.39, 0.29) is 5.38 Å². The Hall–Kier alpha value is 0.0900. The monoisotopic (exact) mass is 236 g/mol. The van der Waals surface area contributed by atoms with Gasteiger partial charge in [0.15, 0.2) is 0 Å². The molecule has 0 heterocycles. The highest BCUT2D eigenvalue weighted by Crippen LogP contribution is 2.35. The molecule has 13 heavy (non-hydrogen) atoms. The fourth-order valence-corrected chi connectivity index (χ4v) is 2.07. The maximum atomic E-state index is 6.14. The molecular weight excluding hydrogens is 226 g/mol. The van der Waals surface area contributed by atoms with Crippen LogP contribution >= 0.6 is 34.8 Å². The predicted molar refractivity (Wildman–Crippen MR) is 60.0 cm³/mol. The van der Waals surface area contributed by atoms with Crippen molar-refractivity contribution >= 4 is 34.8 Å². The summed E-state index contributed by atoms with van der Waals surface area (Å²) in [4.78, 5) is 0. The summed E-state index contributed by atoms with van der Waals surface area (Å²) < 4.78 is 0. The molecule has 0 aliphatic heterocycles. The summed E-state index contributed by atoms with van der Waals surface area (Å²) in [5.74, 6) is 0. The lowest BCUT2D eigenvalue weighted by Crippen LogP contribution is -1.91. The van der Waals surface area contributed by atoms with E-state index in [1.807, 2.05) is 12.1 Å². The van der Waals surface area contributed by atoms with Gasteiger partial charge in [-0.2, -0.15) is 0 Å². The van der Waals surface area contributed by atoms with Crippen molar-refractivity contribution in [1.29, 1.82) is 0 Å². The van der Waals surface area contributed by atoms with Gasteiger partial charge in [0.1, 0.15) is 0 Å². The minimum absolute atomic E-state index is 0.0313. The lowest BCUT2D eigenvalue weighted by atomic mass is 10.1. The van der Waals surface area contributed by atoms with Crippen molar-refractivity contribution in [3.63, 3.8) is 0 Å². The van der Waals surface area contributed by atoms with E-state index in [1.165, 1.54) is 0 Å². The quantitative estimate of drug-likeness (QED) is 0.644. The number of alkyl halides is 1. The Morgan fingerprint density at radius 1 is 1.31 bits per heavy atom. The summed E-state index contributed by atoms with van der Waals surface area (Å²) in [6.07, 6.45) is 1.96. The topological polar surface area (TPSA) is 0 Å². The molecule has 0 aliphatic carbocycles. The van der Waals surface area contributed by atoms with Gasteiger partial charge in [0.2, 0.25) is 0 Å². The number of rotatable bonds is 3. The van der Waals surface area contributed by atoms with Crippen molar-refractivity contribution in [3.8, 4) is 0 Å². The highest BCUT2D eigenvalue weighted by Gasteiger charge is 2.12. The molecule has 0 nitrogen and oxygen atoms in total. The minimum atomic E-state index is -0.0313. The van der Waals surface area contributed by atoms with Gasteiger partial charge in [-0.3, -0.25) is 0 Å². The van der Waals surface area contributed by atoms with E-state index in [9.17, 15) is 0 Å². The molecule has 0 N–H and O–H groups in total. The number of hydrogen-bond donors (Lipinski definition) is 0. The number of halogens is 3. The Morgan fingerprint density at radius 2 is 2.00 bits per heavy atom. The standard InChI is InChI=1S/C10H11Cl3/c1-2-4-8(11)7-5-3-6-9(12)10(7)13/h3,5-6,8H,2,4H2,1H3. The van der Waals surface area contributed by atoms with E-state index in [0.717, 1.165) is 18.4 Å². The van der Waals surface area contributed by atoms with Crippen molar-refractivity contribution in [3.05, 3.63) is 33.8 Å². The molecule has 1 aromatic carbocycles. The van der Waals surface area contributed by atoms with Gasteiger partial charge in [-0.1, -0.05) is 48.7 Å². The molecule has 1 atom stereocenters. The van der Waals surface area contributed by atoms with Crippen LogP contribution in [0.5, 0.6) is 0 Å². The first kappa shape index (κ1) is 11.2. The van der Waals surface area contributed by atoms with E-state index in [1.54, 1.807) is 6.07 Å². The van der Waals surface area contributed by atoms with Gasteiger partial charge >= 0.3 is 0 Å². The molecule has 0 fully saturated rings. The molecule has 0 amide bonds. The van der Waals surface area contributed by atoms with Crippen LogP contribution in [-0.4, -0.2) is 0 Å². The average molecular weight is 238 g/mol. The van der Waals surface area contributed by atoms with Crippen LogP contribution < -0.4 is 0 Å². The first-order valence-corrected chi connectivity index (χ1v) is 5.44. The summed E-state index contributed by atoms with van der Waals surface area (Å²) >= 11 is 18.0. The molecule has 0 aromatic heterocycles. The highest BCUT2D eigenvalue weighted by molar-refractivity contribution is 6.43. The molecule has 0 saturated heterocycles. The van der Waals surface area contributed by atoms with E-state index in [2.05, 4.69) is 6.92 Å². The Balaban J connectivity index is 2.93. The largest absolute Gasteiger partial charge is 0.118 e. The second-order valence-corrected chi connectivity index (χ2v) is 4.21. The van der Waals surface area contributed by atoms with E-state index < -0.39 is 0 Å². The van der Waals surface area contributed by atoms with Crippen LogP contribution in [0.3, 0.4) is 0 Å². The van der Waals surface area contributed by atoms with Crippen LogP contribution in [-0.2, 0) is 0 Å². The van der Waals surface area contributed by atoms with Gasteiger partial charge in [-0.25, -0.2) is 0 Å². The Morgan fingerprint density at radius 3 is 2.62 bits per heavy atom. The van der Waals surface area contributed by atoms with Gasteiger partial charge in [0.05, 0.1) is 15.4 Å². The molecule has 1 aromatic rings. The van der Waals surface area contributed by atoms with Crippen molar-refractivity contribution < 1.29 is 0 Å². The molecule has 3 heteroatoms. The normalized spacial score (nSPS) is 12.9. The van der Waals surface area contributed by atoms with Gasteiger partial charge in [0, 0.05) is 0 Å². The SMILES string of the molecule is CCCC(Cl)c1cccc(Cl)c1Cl. The maximum absolute atomic E-state index is 6.14. The number of benzene rings is 1. The molecule has 0 radical (unpaired) electrons. The minimum Gasteiger partial charge on any atom is -0.118 e. The Bertz CT molecular complexity index is 283. The van der Waals surface area contributed by atoms with Crippen molar-refractivity contribution in [2.75, 3.05) is 0 Å². The summed E-state index contributed by atoms with van der Waals surface area (Å²) in [5, 5.41) is 1.12.